The van der Waals surface area contributed by atoms with Gasteiger partial charge in [-0.2, -0.15) is 5.26 Å². The first-order valence-electron chi connectivity index (χ1n) is 7.06. The lowest BCUT2D eigenvalue weighted by molar-refractivity contribution is -0.131. The molecule has 0 fully saturated rings. The Morgan fingerprint density at radius 3 is 2.85 bits per heavy atom. The SMILES string of the molecule is CN(CCC#N)C(=O)COc1ccc2c(c1)CCCC2. The monoisotopic (exact) mass is 272 g/mol. The fourth-order valence-corrected chi connectivity index (χ4v) is 2.40. The van der Waals surface area contributed by atoms with Crippen molar-refractivity contribution < 1.29 is 9.53 Å². The van der Waals surface area contributed by atoms with Gasteiger partial charge in [-0.1, -0.05) is 6.07 Å². The molecule has 4 heteroatoms. The van der Waals surface area contributed by atoms with Crippen LogP contribution < -0.4 is 4.74 Å². The standard InChI is InChI=1S/C16H20N2O2/c1-18(10-4-9-17)16(19)12-20-15-8-7-13-5-2-3-6-14(13)11-15/h7-8,11H,2-6,10,12H2,1H3. The highest BCUT2D eigenvalue weighted by Gasteiger charge is 2.12. The van der Waals surface area contributed by atoms with Crippen LogP contribution in [0.2, 0.25) is 0 Å². The number of benzene rings is 1. The highest BCUT2D eigenvalue weighted by Crippen LogP contribution is 2.25. The third-order valence-corrected chi connectivity index (χ3v) is 3.67. The molecule has 1 aromatic carbocycles. The van der Waals surface area contributed by atoms with E-state index in [4.69, 9.17) is 10.00 Å². The van der Waals surface area contributed by atoms with Gasteiger partial charge >= 0.3 is 0 Å². The Morgan fingerprint density at radius 1 is 1.35 bits per heavy atom. The molecule has 20 heavy (non-hydrogen) atoms. The highest BCUT2D eigenvalue weighted by atomic mass is 16.5. The predicted molar refractivity (Wildman–Crippen MR) is 76.4 cm³/mol. The van der Waals surface area contributed by atoms with Gasteiger partial charge in [0.1, 0.15) is 5.75 Å². The number of ether oxygens (including phenoxy) is 1. The minimum absolute atomic E-state index is 0.0285. The summed E-state index contributed by atoms with van der Waals surface area (Å²) in [5.41, 5.74) is 2.75. The Bertz CT molecular complexity index is 520. The number of nitriles is 1. The van der Waals surface area contributed by atoms with Gasteiger partial charge in [0.2, 0.25) is 0 Å². The van der Waals surface area contributed by atoms with E-state index < -0.39 is 0 Å². The fourth-order valence-electron chi connectivity index (χ4n) is 2.40. The normalized spacial score (nSPS) is 13.2. The Morgan fingerprint density at radius 2 is 2.10 bits per heavy atom. The number of carbonyl (C=O) groups excluding carboxylic acids is 1. The Labute approximate surface area is 120 Å². The summed E-state index contributed by atoms with van der Waals surface area (Å²) < 4.78 is 5.56. The Kier molecular flexibility index (Phi) is 5.00. The maximum absolute atomic E-state index is 11.8. The van der Waals surface area contributed by atoms with Crippen molar-refractivity contribution in [1.29, 1.82) is 5.26 Å². The maximum Gasteiger partial charge on any atom is 0.260 e. The molecule has 106 valence electrons. The first-order chi connectivity index (χ1) is 9.70. The van der Waals surface area contributed by atoms with Crippen LogP contribution in [0, 0.1) is 11.3 Å². The Balaban J connectivity index is 1.88. The van der Waals surface area contributed by atoms with Crippen molar-refractivity contribution in [3.05, 3.63) is 29.3 Å². The quantitative estimate of drug-likeness (QED) is 0.826. The lowest BCUT2D eigenvalue weighted by atomic mass is 9.92. The van der Waals surface area contributed by atoms with Crippen molar-refractivity contribution in [2.45, 2.75) is 32.1 Å². The molecule has 4 nitrogen and oxygen atoms in total. The van der Waals surface area contributed by atoms with Crippen molar-refractivity contribution in [2.75, 3.05) is 20.2 Å². The minimum atomic E-state index is -0.0991. The lowest BCUT2D eigenvalue weighted by Crippen LogP contribution is -2.32. The molecule has 0 aliphatic heterocycles. The number of carbonyl (C=O) groups is 1. The number of nitrogens with zero attached hydrogens (tertiary/aromatic N) is 2. The van der Waals surface area contributed by atoms with Crippen LogP contribution in [0.1, 0.15) is 30.4 Å². The molecule has 0 atom stereocenters. The van der Waals surface area contributed by atoms with Crippen LogP contribution in [0.4, 0.5) is 0 Å². The second-order valence-electron chi connectivity index (χ2n) is 5.15. The summed E-state index contributed by atoms with van der Waals surface area (Å²) in [5.74, 6) is 0.658. The molecule has 0 spiro atoms. The van der Waals surface area contributed by atoms with Crippen molar-refractivity contribution in [3.8, 4) is 11.8 Å². The molecule has 0 heterocycles. The smallest absolute Gasteiger partial charge is 0.260 e. The molecule has 0 saturated carbocycles. The van der Waals surface area contributed by atoms with Gasteiger partial charge in [-0.05, 0) is 48.9 Å². The fraction of sp³-hybridized carbons (Fsp3) is 0.500. The van der Waals surface area contributed by atoms with Crippen LogP contribution in [-0.2, 0) is 17.6 Å². The molecule has 0 radical (unpaired) electrons. The van der Waals surface area contributed by atoms with Crippen molar-refractivity contribution in [2.24, 2.45) is 0 Å². The number of likely N-dealkylation sites (N-methyl/N-ethyl adjacent to an activating group) is 1. The molecule has 1 aliphatic rings. The second-order valence-corrected chi connectivity index (χ2v) is 5.15. The van der Waals surface area contributed by atoms with Gasteiger partial charge in [-0.25, -0.2) is 0 Å². The average Bonchev–Trinajstić information content (AvgIpc) is 2.50. The van der Waals surface area contributed by atoms with E-state index in [0.29, 0.717) is 13.0 Å². The number of hydrogen-bond acceptors (Lipinski definition) is 3. The molecule has 1 aliphatic carbocycles. The van der Waals surface area contributed by atoms with Crippen molar-refractivity contribution >= 4 is 5.91 Å². The average molecular weight is 272 g/mol. The van der Waals surface area contributed by atoms with E-state index in [9.17, 15) is 4.79 Å². The molecular weight excluding hydrogens is 252 g/mol. The maximum atomic E-state index is 11.8. The number of rotatable bonds is 5. The van der Waals surface area contributed by atoms with Crippen molar-refractivity contribution in [3.63, 3.8) is 0 Å². The van der Waals surface area contributed by atoms with E-state index >= 15 is 0 Å². The summed E-state index contributed by atoms with van der Waals surface area (Å²) >= 11 is 0. The second kappa shape index (κ2) is 6.95. The summed E-state index contributed by atoms with van der Waals surface area (Å²) in [7, 11) is 1.69. The summed E-state index contributed by atoms with van der Waals surface area (Å²) in [6.45, 7) is 0.476. The van der Waals surface area contributed by atoms with Crippen LogP contribution in [0.3, 0.4) is 0 Å². The molecule has 0 N–H and O–H groups in total. The van der Waals surface area contributed by atoms with E-state index in [2.05, 4.69) is 12.1 Å². The molecule has 2 rings (SSSR count). The summed E-state index contributed by atoms with van der Waals surface area (Å²) in [5, 5.41) is 8.50. The molecule has 1 amide bonds. The summed E-state index contributed by atoms with van der Waals surface area (Å²) in [6.07, 6.45) is 5.08. The van der Waals surface area contributed by atoms with Gasteiger partial charge in [0.15, 0.2) is 6.61 Å². The molecular formula is C16H20N2O2. The first kappa shape index (κ1) is 14.4. The third kappa shape index (κ3) is 3.74. The first-order valence-corrected chi connectivity index (χ1v) is 7.06. The zero-order valence-electron chi connectivity index (χ0n) is 11.9. The minimum Gasteiger partial charge on any atom is -0.484 e. The van der Waals surface area contributed by atoms with Crippen LogP contribution in [0.15, 0.2) is 18.2 Å². The van der Waals surface area contributed by atoms with Gasteiger partial charge in [-0.15, -0.1) is 0 Å². The number of amides is 1. The summed E-state index contributed by atoms with van der Waals surface area (Å²) in [4.78, 5) is 13.3. The molecule has 1 aromatic rings. The van der Waals surface area contributed by atoms with Gasteiger partial charge in [0, 0.05) is 13.6 Å². The van der Waals surface area contributed by atoms with E-state index in [-0.39, 0.29) is 12.5 Å². The van der Waals surface area contributed by atoms with E-state index in [0.717, 1.165) is 18.6 Å². The van der Waals surface area contributed by atoms with Crippen molar-refractivity contribution in [1.82, 2.24) is 4.90 Å². The lowest BCUT2D eigenvalue weighted by Gasteiger charge is -2.18. The third-order valence-electron chi connectivity index (χ3n) is 3.67. The van der Waals surface area contributed by atoms with Crippen LogP contribution in [0.25, 0.3) is 0 Å². The zero-order chi connectivity index (χ0) is 14.4. The molecule has 0 aromatic heterocycles. The van der Waals surface area contributed by atoms with Gasteiger partial charge < -0.3 is 9.64 Å². The number of hydrogen-bond donors (Lipinski definition) is 0. The molecule has 0 saturated heterocycles. The van der Waals surface area contributed by atoms with Gasteiger partial charge in [-0.3, -0.25) is 4.79 Å². The predicted octanol–water partition coefficient (Wildman–Crippen LogP) is 2.32. The zero-order valence-corrected chi connectivity index (χ0v) is 11.9. The molecule has 0 bridgehead atoms. The van der Waals surface area contributed by atoms with Gasteiger partial charge in [0.25, 0.3) is 5.91 Å². The number of aryl methyl sites for hydroxylation is 2. The van der Waals surface area contributed by atoms with Crippen LogP contribution >= 0.6 is 0 Å². The van der Waals surface area contributed by atoms with Crippen LogP contribution in [-0.4, -0.2) is 31.0 Å². The summed E-state index contributed by atoms with van der Waals surface area (Å²) in [6, 6.07) is 8.12. The molecule has 0 unspecified atom stereocenters. The van der Waals surface area contributed by atoms with E-state index in [1.54, 1.807) is 7.05 Å². The van der Waals surface area contributed by atoms with Crippen LogP contribution in [0.5, 0.6) is 5.75 Å². The number of fused-ring (bicyclic) bond motifs is 1. The highest BCUT2D eigenvalue weighted by molar-refractivity contribution is 5.77. The Hall–Kier alpha value is -2.02. The van der Waals surface area contributed by atoms with E-state index in [1.165, 1.54) is 28.9 Å². The largest absolute Gasteiger partial charge is 0.484 e. The topological polar surface area (TPSA) is 53.3 Å². The van der Waals surface area contributed by atoms with E-state index in [1.807, 2.05) is 12.1 Å². The van der Waals surface area contributed by atoms with Gasteiger partial charge in [0.05, 0.1) is 12.5 Å².